The maximum Gasteiger partial charge on any atom is 0.135 e. The predicted molar refractivity (Wildman–Crippen MR) is 311 cm³/mol. The Morgan fingerprint density at radius 3 is 0.356 bits per heavy atom. The van der Waals surface area contributed by atoms with Crippen molar-refractivity contribution in [3.05, 3.63) is 0 Å². The van der Waals surface area contributed by atoms with E-state index in [1.165, 1.54) is 0 Å². The SMILES string of the molecule is BrC(Br)C(Br)(Br)C(Br)(Br)C(Br)(Br)C(Br)(Br)C(Br)(Br)C(Br)(Br)C(Br)(Br)C(Br)(Br)C(Br)(Br)C(Br)(Br)C(Br)(Br)C(Br)(Br)C(Br)(Br)C(Br)Br. The zero-order valence-corrected chi connectivity index (χ0v) is 66.6. The van der Waals surface area contributed by atoms with Crippen LogP contribution >= 0.6 is 478 Å². The highest BCUT2D eigenvalue weighted by atomic mass is 80.0. The lowest BCUT2D eigenvalue weighted by molar-refractivity contribution is 0.533. The van der Waals surface area contributed by atoms with Crippen LogP contribution in [0.25, 0.3) is 0 Å². The van der Waals surface area contributed by atoms with Gasteiger partial charge in [0.15, 0.2) is 0 Å². The Hall–Kier alpha value is 14.4. The fourth-order valence-corrected chi connectivity index (χ4v) is 32.1. The molecule has 272 valence electrons. The van der Waals surface area contributed by atoms with Crippen molar-refractivity contribution in [1.82, 2.24) is 0 Å². The third-order valence-electron chi connectivity index (χ3n) is 5.33. The summed E-state index contributed by atoms with van der Waals surface area (Å²) in [5.74, 6) is 0. The van der Waals surface area contributed by atoms with E-state index in [1.54, 1.807) is 0 Å². The van der Waals surface area contributed by atoms with Gasteiger partial charge in [0.1, 0.15) is 42.0 Å². The van der Waals surface area contributed by atoms with Gasteiger partial charge in [-0.05, 0) is 0 Å². The van der Waals surface area contributed by atoms with Crippen LogP contribution in [-0.4, -0.2) is 49.5 Å². The highest BCUT2D eigenvalue weighted by Crippen LogP contribution is 2.82. The average molecular weight is 2580 g/mol. The Labute approximate surface area is 514 Å². The minimum absolute atomic E-state index is 0.274. The molecule has 0 N–H and O–H groups in total. The van der Waals surface area contributed by atoms with E-state index < -0.39 is 42.0 Å². The fourth-order valence-electron chi connectivity index (χ4n) is 2.47. The number of halogens is 30. The molecule has 0 saturated heterocycles. The zero-order chi connectivity index (χ0) is 37.7. The van der Waals surface area contributed by atoms with Crippen molar-refractivity contribution in [2.75, 3.05) is 0 Å². The summed E-state index contributed by atoms with van der Waals surface area (Å²) in [6.07, 6.45) is 0. The molecule has 30 heteroatoms. The van der Waals surface area contributed by atoms with Crippen molar-refractivity contribution < 1.29 is 0 Å². The standard InChI is InChI=1S/C15H2Br30/c16-1(17)3(20,21)5(24,25)7(28,29)9(32,33)11(36,37)13(40,41)15(44,45)14(42,43)12(38,39)10(34,35)8(30,31)6(26,27)4(22,23)2(18)19/h1-2H. The fraction of sp³-hybridized carbons (Fsp3) is 1.00. The van der Waals surface area contributed by atoms with Crippen LogP contribution in [0.4, 0.5) is 0 Å². The summed E-state index contributed by atoms with van der Waals surface area (Å²) in [5, 5.41) is 0. The first-order chi connectivity index (χ1) is 18.9. The molecular formula is C15H2Br30. The van der Waals surface area contributed by atoms with Gasteiger partial charge in [-0.15, -0.1) is 0 Å². The summed E-state index contributed by atoms with van der Waals surface area (Å²) >= 11 is 116. The predicted octanol–water partition coefficient (Wildman–Crippen LogP) is 22.5. The van der Waals surface area contributed by atoms with E-state index in [-0.39, 0.29) is 7.47 Å². The van der Waals surface area contributed by atoms with Crippen molar-refractivity contribution in [3.8, 4) is 0 Å². The summed E-state index contributed by atoms with van der Waals surface area (Å²) in [5.41, 5.74) is 0. The molecule has 0 saturated carbocycles. The summed E-state index contributed by atoms with van der Waals surface area (Å²) in [4.78, 5) is 0. The van der Waals surface area contributed by atoms with Crippen molar-refractivity contribution in [1.29, 1.82) is 0 Å². The van der Waals surface area contributed by atoms with E-state index in [4.69, 9.17) is 0 Å². The number of rotatable bonds is 14. The molecule has 0 aromatic carbocycles. The molecule has 0 atom stereocenters. The Morgan fingerprint density at radius 2 is 0.267 bits per heavy atom. The molecule has 0 rings (SSSR count). The third kappa shape index (κ3) is 10.3. The third-order valence-corrected chi connectivity index (χ3v) is 69.0. The molecule has 0 aliphatic heterocycles. The molecule has 0 radical (unpaired) electrons. The highest BCUT2D eigenvalue weighted by molar-refractivity contribution is 9.39. The number of alkyl halides is 30. The second-order valence-electron chi connectivity index (χ2n) is 8.17. The largest absolute Gasteiger partial charge is 0.135 e. The topological polar surface area (TPSA) is 0 Å². The van der Waals surface area contributed by atoms with Gasteiger partial charge in [0.2, 0.25) is 0 Å². The molecule has 0 aromatic rings. The molecule has 0 heterocycles. The maximum atomic E-state index is 3.99. The lowest BCUT2D eigenvalue weighted by Gasteiger charge is -2.61. The molecule has 45 heavy (non-hydrogen) atoms. The van der Waals surface area contributed by atoms with Gasteiger partial charge in [0.25, 0.3) is 0 Å². The molecule has 0 aliphatic rings. The molecular weight excluding hydrogens is 2580 g/mol. The minimum atomic E-state index is -1.24. The van der Waals surface area contributed by atoms with Crippen LogP contribution in [-0.2, 0) is 0 Å². The summed E-state index contributed by atoms with van der Waals surface area (Å²) < 4.78 is -15.0. The normalized spacial score (nSPS) is 17.1. The number of hydrogen-bond acceptors (Lipinski definition) is 0. The van der Waals surface area contributed by atoms with Gasteiger partial charge in [-0.2, -0.15) is 0 Å². The first kappa shape index (κ1) is 59.4. The summed E-state index contributed by atoms with van der Waals surface area (Å²) in [6, 6.07) is 0. The molecule has 0 bridgehead atoms. The molecule has 0 nitrogen and oxygen atoms in total. The summed E-state index contributed by atoms with van der Waals surface area (Å²) in [6.45, 7) is 0. The monoisotopic (exact) mass is 2550 g/mol. The number of hydrogen-bond donors (Lipinski definition) is 0. The van der Waals surface area contributed by atoms with Gasteiger partial charge in [0.05, 0.1) is 7.47 Å². The quantitative estimate of drug-likeness (QED) is 0.152. The molecule has 0 aliphatic carbocycles. The molecule has 0 fully saturated rings. The Morgan fingerprint density at radius 1 is 0.178 bits per heavy atom. The van der Waals surface area contributed by atoms with Gasteiger partial charge >= 0.3 is 0 Å². The van der Waals surface area contributed by atoms with Gasteiger partial charge < -0.3 is 0 Å². The second-order valence-corrected chi connectivity index (χ2v) is 59.3. The minimum Gasteiger partial charge on any atom is -0.0739 e. The molecule has 0 spiro atoms. The Balaban J connectivity index is 7.52. The van der Waals surface area contributed by atoms with Crippen LogP contribution in [0.15, 0.2) is 0 Å². The van der Waals surface area contributed by atoms with E-state index in [0.717, 1.165) is 0 Å². The van der Waals surface area contributed by atoms with E-state index in [1.807, 2.05) is 0 Å². The van der Waals surface area contributed by atoms with E-state index >= 15 is 0 Å². The smallest absolute Gasteiger partial charge is 0.0739 e. The van der Waals surface area contributed by atoms with Crippen molar-refractivity contribution >= 4 is 478 Å². The maximum absolute atomic E-state index is 3.99. The average Bonchev–Trinajstić information content (AvgIpc) is 2.81. The van der Waals surface area contributed by atoms with Crippen LogP contribution in [0.3, 0.4) is 0 Å². The van der Waals surface area contributed by atoms with Crippen molar-refractivity contribution in [2.45, 2.75) is 49.5 Å². The van der Waals surface area contributed by atoms with E-state index in [9.17, 15) is 0 Å². The Bertz CT molecular complexity index is 977. The van der Waals surface area contributed by atoms with Crippen LogP contribution in [0.1, 0.15) is 0 Å². The van der Waals surface area contributed by atoms with Gasteiger partial charge in [-0.3, -0.25) is 0 Å². The first-order valence-electron chi connectivity index (χ1n) is 9.36. The van der Waals surface area contributed by atoms with Crippen LogP contribution in [0.2, 0.25) is 0 Å². The lowest BCUT2D eigenvalue weighted by Crippen LogP contribution is -2.72. The lowest BCUT2D eigenvalue weighted by atomic mass is 10.0. The van der Waals surface area contributed by atoms with E-state index in [0.29, 0.717) is 0 Å². The van der Waals surface area contributed by atoms with Gasteiger partial charge in [-0.25, -0.2) is 0 Å². The van der Waals surface area contributed by atoms with Crippen LogP contribution in [0, 0.1) is 0 Å². The second kappa shape index (κ2) is 19.9. The Kier molecular flexibility index (Phi) is 26.2. The van der Waals surface area contributed by atoms with Gasteiger partial charge in [-0.1, -0.05) is 478 Å². The molecule has 0 aromatic heterocycles. The van der Waals surface area contributed by atoms with Crippen LogP contribution < -0.4 is 0 Å². The van der Waals surface area contributed by atoms with Crippen molar-refractivity contribution in [2.24, 2.45) is 0 Å². The molecule has 0 amide bonds. The van der Waals surface area contributed by atoms with Gasteiger partial charge in [0, 0.05) is 0 Å². The zero-order valence-electron chi connectivity index (χ0n) is 19.0. The first-order valence-corrected chi connectivity index (χ1v) is 33.6. The van der Waals surface area contributed by atoms with E-state index in [2.05, 4.69) is 478 Å². The summed E-state index contributed by atoms with van der Waals surface area (Å²) in [7, 11) is 0. The molecule has 0 unspecified atom stereocenters. The van der Waals surface area contributed by atoms with Crippen LogP contribution in [0.5, 0.6) is 0 Å². The van der Waals surface area contributed by atoms with Crippen molar-refractivity contribution in [3.63, 3.8) is 0 Å². The highest BCUT2D eigenvalue weighted by Gasteiger charge is 2.82.